The number of likely N-dealkylation sites (tertiary alicyclic amines) is 2. The second-order valence-electron chi connectivity index (χ2n) is 6.75. The third-order valence-corrected chi connectivity index (χ3v) is 5.16. The van der Waals surface area contributed by atoms with E-state index in [2.05, 4.69) is 24.3 Å². The van der Waals surface area contributed by atoms with Crippen molar-refractivity contribution in [3.05, 3.63) is 48.0 Å². The van der Waals surface area contributed by atoms with Gasteiger partial charge in [-0.2, -0.15) is 0 Å². The molecule has 5 heteroatoms. The van der Waals surface area contributed by atoms with Crippen LogP contribution in [0.2, 0.25) is 0 Å². The number of benzene rings is 2. The molecule has 128 valence electrons. The van der Waals surface area contributed by atoms with Crippen LogP contribution in [0.5, 0.6) is 0 Å². The quantitative estimate of drug-likeness (QED) is 0.804. The molecule has 2 fully saturated rings. The van der Waals surface area contributed by atoms with Crippen molar-refractivity contribution in [1.29, 1.82) is 0 Å². The summed E-state index contributed by atoms with van der Waals surface area (Å²) in [6.07, 6.45) is 1.76. The summed E-state index contributed by atoms with van der Waals surface area (Å²) in [6, 6.07) is 14.2. The summed E-state index contributed by atoms with van der Waals surface area (Å²) in [4.78, 5) is 39.0. The molecule has 0 radical (unpaired) electrons. The Hall–Kier alpha value is -2.69. The second-order valence-corrected chi connectivity index (χ2v) is 6.75. The molecular formula is C20H20N2O3. The molecule has 0 aromatic heterocycles. The number of carbonyl (C=O) groups excluding carboxylic acids is 3. The van der Waals surface area contributed by atoms with Gasteiger partial charge in [-0.3, -0.25) is 19.3 Å². The van der Waals surface area contributed by atoms with Crippen LogP contribution < -0.4 is 0 Å². The molecule has 2 aromatic carbocycles. The third kappa shape index (κ3) is 2.90. The van der Waals surface area contributed by atoms with Gasteiger partial charge in [-0.15, -0.1) is 0 Å². The average Bonchev–Trinajstić information content (AvgIpc) is 2.91. The van der Waals surface area contributed by atoms with E-state index in [0.29, 0.717) is 38.8 Å². The number of hydrogen-bond acceptors (Lipinski definition) is 3. The van der Waals surface area contributed by atoms with Crippen LogP contribution in [0.3, 0.4) is 0 Å². The molecule has 2 saturated heterocycles. The topological polar surface area (TPSA) is 57.7 Å². The van der Waals surface area contributed by atoms with Gasteiger partial charge in [-0.1, -0.05) is 42.5 Å². The molecule has 2 heterocycles. The number of fused-ring (bicyclic) bond motifs is 1. The highest BCUT2D eigenvalue weighted by atomic mass is 16.2. The summed E-state index contributed by atoms with van der Waals surface area (Å²) in [5, 5.41) is 2.37. The van der Waals surface area contributed by atoms with E-state index < -0.39 is 0 Å². The van der Waals surface area contributed by atoms with Crippen molar-refractivity contribution in [2.75, 3.05) is 13.1 Å². The molecule has 0 unspecified atom stereocenters. The Kier molecular flexibility index (Phi) is 3.99. The fourth-order valence-corrected chi connectivity index (χ4v) is 3.73. The third-order valence-electron chi connectivity index (χ3n) is 5.16. The minimum atomic E-state index is -0.121. The van der Waals surface area contributed by atoms with Crippen LogP contribution in [0, 0.1) is 0 Å². The van der Waals surface area contributed by atoms with Crippen LogP contribution >= 0.6 is 0 Å². The highest BCUT2D eigenvalue weighted by Gasteiger charge is 2.42. The van der Waals surface area contributed by atoms with E-state index in [-0.39, 0.29) is 23.8 Å². The maximum atomic E-state index is 12.4. The first-order valence-electron chi connectivity index (χ1n) is 8.73. The van der Waals surface area contributed by atoms with E-state index in [1.54, 1.807) is 4.90 Å². The highest BCUT2D eigenvalue weighted by molar-refractivity contribution is 6.02. The van der Waals surface area contributed by atoms with Gasteiger partial charge in [0.1, 0.15) is 0 Å². The molecule has 0 N–H and O–H groups in total. The maximum absolute atomic E-state index is 12.4. The molecular weight excluding hydrogens is 316 g/mol. The summed E-state index contributed by atoms with van der Waals surface area (Å²) in [5.74, 6) is -0.112. The van der Waals surface area contributed by atoms with Gasteiger partial charge >= 0.3 is 0 Å². The van der Waals surface area contributed by atoms with E-state index >= 15 is 0 Å². The molecule has 0 aliphatic carbocycles. The van der Waals surface area contributed by atoms with Crippen molar-refractivity contribution in [3.63, 3.8) is 0 Å². The van der Waals surface area contributed by atoms with Crippen molar-refractivity contribution >= 4 is 28.5 Å². The van der Waals surface area contributed by atoms with Crippen LogP contribution in [-0.4, -0.2) is 46.7 Å². The molecule has 2 aliphatic rings. The maximum Gasteiger partial charge on any atom is 0.230 e. The predicted octanol–water partition coefficient (Wildman–Crippen LogP) is 2.13. The SMILES string of the molecule is O=C(CCc1cccc2ccccc12)N1CC(N2C(=O)CCC2=O)C1. The second kappa shape index (κ2) is 6.31. The molecule has 25 heavy (non-hydrogen) atoms. The first-order valence-corrected chi connectivity index (χ1v) is 8.73. The van der Waals surface area contributed by atoms with Gasteiger partial charge in [0.05, 0.1) is 6.04 Å². The average molecular weight is 336 g/mol. The predicted molar refractivity (Wildman–Crippen MR) is 93.7 cm³/mol. The van der Waals surface area contributed by atoms with Gasteiger partial charge < -0.3 is 4.90 Å². The van der Waals surface area contributed by atoms with Crippen LogP contribution in [0.25, 0.3) is 10.8 Å². The standard InChI is InChI=1S/C20H20N2O3/c23-18(21-12-16(13-21)22-19(24)10-11-20(22)25)9-8-15-6-3-5-14-4-1-2-7-17(14)15/h1-7,16H,8-13H2. The lowest BCUT2D eigenvalue weighted by Crippen LogP contribution is -2.62. The highest BCUT2D eigenvalue weighted by Crippen LogP contribution is 2.24. The van der Waals surface area contributed by atoms with Gasteiger partial charge in [0.25, 0.3) is 0 Å². The van der Waals surface area contributed by atoms with E-state index in [9.17, 15) is 14.4 Å². The first kappa shape index (κ1) is 15.8. The van der Waals surface area contributed by atoms with Crippen LogP contribution in [0.4, 0.5) is 0 Å². The van der Waals surface area contributed by atoms with Crippen LogP contribution in [-0.2, 0) is 20.8 Å². The number of rotatable bonds is 4. The minimum absolute atomic E-state index is 0.0864. The smallest absolute Gasteiger partial charge is 0.230 e. The molecule has 0 spiro atoms. The van der Waals surface area contributed by atoms with Crippen molar-refractivity contribution < 1.29 is 14.4 Å². The van der Waals surface area contributed by atoms with E-state index in [0.717, 1.165) is 0 Å². The Balaban J connectivity index is 1.34. The van der Waals surface area contributed by atoms with E-state index in [1.807, 2.05) is 18.2 Å². The normalized spacial score (nSPS) is 18.1. The Bertz CT molecular complexity index is 834. The summed E-state index contributed by atoms with van der Waals surface area (Å²) >= 11 is 0. The lowest BCUT2D eigenvalue weighted by Gasteiger charge is -2.43. The largest absolute Gasteiger partial charge is 0.338 e. The fourth-order valence-electron chi connectivity index (χ4n) is 3.73. The number of aryl methyl sites for hydroxylation is 1. The van der Waals surface area contributed by atoms with Gasteiger partial charge in [-0.05, 0) is 22.8 Å². The van der Waals surface area contributed by atoms with E-state index in [1.165, 1.54) is 21.2 Å². The van der Waals surface area contributed by atoms with Crippen LogP contribution in [0.15, 0.2) is 42.5 Å². The summed E-state index contributed by atoms with van der Waals surface area (Å²) in [5.41, 5.74) is 1.17. The summed E-state index contributed by atoms with van der Waals surface area (Å²) < 4.78 is 0. The van der Waals surface area contributed by atoms with Gasteiger partial charge in [0, 0.05) is 32.4 Å². The number of hydrogen-bond donors (Lipinski definition) is 0. The van der Waals surface area contributed by atoms with E-state index in [4.69, 9.17) is 0 Å². The molecule has 2 aliphatic heterocycles. The number of amides is 3. The Labute approximate surface area is 146 Å². The zero-order chi connectivity index (χ0) is 17.4. The first-order chi connectivity index (χ1) is 12.1. The summed E-state index contributed by atoms with van der Waals surface area (Å²) in [6.45, 7) is 0.956. The monoisotopic (exact) mass is 336 g/mol. The van der Waals surface area contributed by atoms with Crippen molar-refractivity contribution in [1.82, 2.24) is 9.80 Å². The van der Waals surface area contributed by atoms with Gasteiger partial charge in [0.15, 0.2) is 0 Å². The van der Waals surface area contributed by atoms with Crippen molar-refractivity contribution in [2.24, 2.45) is 0 Å². The zero-order valence-electron chi connectivity index (χ0n) is 14.0. The lowest BCUT2D eigenvalue weighted by atomic mass is 9.99. The van der Waals surface area contributed by atoms with Gasteiger partial charge in [0.2, 0.25) is 17.7 Å². The molecule has 5 nitrogen and oxygen atoms in total. The van der Waals surface area contributed by atoms with Crippen LogP contribution in [0.1, 0.15) is 24.8 Å². The molecule has 3 amide bonds. The van der Waals surface area contributed by atoms with Gasteiger partial charge in [-0.25, -0.2) is 0 Å². The molecule has 0 saturated carbocycles. The minimum Gasteiger partial charge on any atom is -0.338 e. The zero-order valence-corrected chi connectivity index (χ0v) is 14.0. The Morgan fingerprint density at radius 1 is 0.960 bits per heavy atom. The number of carbonyl (C=O) groups is 3. The van der Waals surface area contributed by atoms with Crippen molar-refractivity contribution in [2.45, 2.75) is 31.7 Å². The Morgan fingerprint density at radius 2 is 1.64 bits per heavy atom. The fraction of sp³-hybridized carbons (Fsp3) is 0.350. The molecule has 2 aromatic rings. The summed E-state index contributed by atoms with van der Waals surface area (Å²) in [7, 11) is 0. The Morgan fingerprint density at radius 3 is 2.40 bits per heavy atom. The molecule has 0 bridgehead atoms. The van der Waals surface area contributed by atoms with Crippen molar-refractivity contribution in [3.8, 4) is 0 Å². The number of nitrogens with zero attached hydrogens (tertiary/aromatic N) is 2. The molecule has 0 atom stereocenters. The lowest BCUT2D eigenvalue weighted by molar-refractivity contribution is -0.151. The molecule has 4 rings (SSSR count). The number of imide groups is 1.